The molecule has 1 heterocycles. The highest BCUT2D eigenvalue weighted by molar-refractivity contribution is 9.10. The van der Waals surface area contributed by atoms with Gasteiger partial charge in [-0.2, -0.15) is 0 Å². The van der Waals surface area contributed by atoms with Gasteiger partial charge in [-0.05, 0) is 46.1 Å². The number of benzene rings is 1. The Morgan fingerprint density at radius 3 is 2.81 bits per heavy atom. The molecule has 2 rings (SSSR count). The molecule has 84 valence electrons. The largest absolute Gasteiger partial charge is 0.457 e. The molecule has 1 atom stereocenters. The van der Waals surface area contributed by atoms with Gasteiger partial charge in [0.15, 0.2) is 4.67 Å². The zero-order chi connectivity index (χ0) is 11.5. The van der Waals surface area contributed by atoms with Crippen molar-refractivity contribution in [2.45, 2.75) is 11.8 Å². The van der Waals surface area contributed by atoms with Gasteiger partial charge in [0.05, 0.1) is 11.6 Å². The van der Waals surface area contributed by atoms with E-state index in [9.17, 15) is 4.39 Å². The summed E-state index contributed by atoms with van der Waals surface area (Å²) >= 11 is 9.50. The van der Waals surface area contributed by atoms with Gasteiger partial charge >= 0.3 is 0 Å². The Labute approximate surface area is 106 Å². The van der Waals surface area contributed by atoms with Crippen molar-refractivity contribution in [3.63, 3.8) is 0 Å². The summed E-state index contributed by atoms with van der Waals surface area (Å²) in [7, 11) is 0. The average Bonchev–Trinajstić information content (AvgIpc) is 2.64. The molecule has 0 bridgehead atoms. The molecule has 0 spiro atoms. The minimum Gasteiger partial charge on any atom is -0.457 e. The van der Waals surface area contributed by atoms with Crippen molar-refractivity contribution in [3.05, 3.63) is 58.2 Å². The monoisotopic (exact) mass is 302 g/mol. The maximum absolute atomic E-state index is 13.0. The van der Waals surface area contributed by atoms with E-state index >= 15 is 0 Å². The lowest BCUT2D eigenvalue weighted by molar-refractivity contribution is 0.536. The van der Waals surface area contributed by atoms with Crippen LogP contribution in [-0.2, 0) is 6.42 Å². The predicted octanol–water partition coefficient (Wildman–Crippen LogP) is 4.70. The van der Waals surface area contributed by atoms with E-state index in [1.165, 1.54) is 12.1 Å². The summed E-state index contributed by atoms with van der Waals surface area (Å²) < 4.78 is 18.7. The second kappa shape index (κ2) is 5.02. The first-order valence-corrected chi connectivity index (χ1v) is 6.01. The summed E-state index contributed by atoms with van der Waals surface area (Å²) in [6, 6.07) is 8.25. The molecule has 1 unspecified atom stereocenters. The van der Waals surface area contributed by atoms with Crippen molar-refractivity contribution in [3.8, 4) is 0 Å². The first kappa shape index (κ1) is 11.7. The molecule has 0 fully saturated rings. The molecular formula is C12H9BrClFO. The molecule has 1 aromatic heterocycles. The molecule has 0 radical (unpaired) electrons. The second-order valence-corrected chi connectivity index (χ2v) is 4.70. The Morgan fingerprint density at radius 1 is 1.38 bits per heavy atom. The van der Waals surface area contributed by atoms with Crippen molar-refractivity contribution in [2.75, 3.05) is 0 Å². The lowest BCUT2D eigenvalue weighted by Crippen LogP contribution is -1.95. The number of alkyl halides is 1. The van der Waals surface area contributed by atoms with Crippen LogP contribution in [0.4, 0.5) is 4.39 Å². The predicted molar refractivity (Wildman–Crippen MR) is 65.1 cm³/mol. The molecular weight excluding hydrogens is 294 g/mol. The van der Waals surface area contributed by atoms with Gasteiger partial charge in [0.1, 0.15) is 5.82 Å². The number of halogens is 3. The third-order valence-corrected chi connectivity index (χ3v) is 3.32. The van der Waals surface area contributed by atoms with Gasteiger partial charge in [0.25, 0.3) is 0 Å². The normalized spacial score (nSPS) is 12.7. The summed E-state index contributed by atoms with van der Waals surface area (Å²) in [6.45, 7) is 0. The molecule has 0 aliphatic heterocycles. The highest BCUT2D eigenvalue weighted by atomic mass is 79.9. The molecule has 16 heavy (non-hydrogen) atoms. The highest BCUT2D eigenvalue weighted by Crippen LogP contribution is 2.31. The fourth-order valence-electron chi connectivity index (χ4n) is 1.51. The van der Waals surface area contributed by atoms with Crippen LogP contribution in [0.3, 0.4) is 0 Å². The third kappa shape index (κ3) is 2.66. The molecule has 4 heteroatoms. The van der Waals surface area contributed by atoms with Gasteiger partial charge in [-0.15, -0.1) is 11.6 Å². The molecule has 0 saturated heterocycles. The van der Waals surface area contributed by atoms with E-state index in [1.54, 1.807) is 18.4 Å². The van der Waals surface area contributed by atoms with Crippen molar-refractivity contribution in [2.24, 2.45) is 0 Å². The Morgan fingerprint density at radius 2 is 2.19 bits per heavy atom. The minimum atomic E-state index is -0.243. The van der Waals surface area contributed by atoms with E-state index in [0.717, 1.165) is 11.1 Å². The van der Waals surface area contributed by atoms with Crippen LogP contribution in [0.5, 0.6) is 0 Å². The number of rotatable bonds is 3. The first-order chi connectivity index (χ1) is 7.66. The van der Waals surface area contributed by atoms with Crippen LogP contribution in [0, 0.1) is 5.82 Å². The van der Waals surface area contributed by atoms with Crippen LogP contribution in [0.25, 0.3) is 0 Å². The van der Waals surface area contributed by atoms with Gasteiger partial charge in [0, 0.05) is 5.56 Å². The summed E-state index contributed by atoms with van der Waals surface area (Å²) in [5, 5.41) is -0.227. The average molecular weight is 304 g/mol. The molecule has 2 aromatic rings. The van der Waals surface area contributed by atoms with Gasteiger partial charge in [0.2, 0.25) is 0 Å². The Balaban J connectivity index is 2.14. The first-order valence-electron chi connectivity index (χ1n) is 4.78. The third-order valence-electron chi connectivity index (χ3n) is 2.29. The SMILES string of the molecule is Fc1cccc(CC(Cl)c2ccoc2Br)c1. The van der Waals surface area contributed by atoms with Gasteiger partial charge in [-0.1, -0.05) is 12.1 Å². The van der Waals surface area contributed by atoms with E-state index in [0.29, 0.717) is 11.1 Å². The van der Waals surface area contributed by atoms with E-state index in [1.807, 2.05) is 6.07 Å². The Bertz CT molecular complexity index is 483. The van der Waals surface area contributed by atoms with Crippen LogP contribution >= 0.6 is 27.5 Å². The number of hydrogen-bond acceptors (Lipinski definition) is 1. The van der Waals surface area contributed by atoms with Crippen molar-refractivity contribution < 1.29 is 8.81 Å². The van der Waals surface area contributed by atoms with Gasteiger partial charge in [-0.25, -0.2) is 4.39 Å². The van der Waals surface area contributed by atoms with Crippen LogP contribution in [-0.4, -0.2) is 0 Å². The molecule has 0 aliphatic carbocycles. The van der Waals surface area contributed by atoms with E-state index in [4.69, 9.17) is 16.0 Å². The molecule has 0 saturated carbocycles. The molecule has 0 N–H and O–H groups in total. The smallest absolute Gasteiger partial charge is 0.173 e. The van der Waals surface area contributed by atoms with E-state index in [-0.39, 0.29) is 11.2 Å². The number of furan rings is 1. The summed E-state index contributed by atoms with van der Waals surface area (Å²) in [5.74, 6) is -0.243. The fraction of sp³-hybridized carbons (Fsp3) is 0.167. The van der Waals surface area contributed by atoms with Gasteiger partial charge < -0.3 is 4.42 Å². The van der Waals surface area contributed by atoms with E-state index < -0.39 is 0 Å². The Kier molecular flexibility index (Phi) is 3.66. The maximum atomic E-state index is 13.0. The summed E-state index contributed by atoms with van der Waals surface area (Å²) in [5.41, 5.74) is 1.75. The molecule has 0 aliphatic rings. The van der Waals surface area contributed by atoms with Crippen molar-refractivity contribution >= 4 is 27.5 Å². The van der Waals surface area contributed by atoms with Crippen molar-refractivity contribution in [1.82, 2.24) is 0 Å². The lowest BCUT2D eigenvalue weighted by Gasteiger charge is -2.07. The van der Waals surface area contributed by atoms with Crippen molar-refractivity contribution in [1.29, 1.82) is 0 Å². The van der Waals surface area contributed by atoms with Crippen LogP contribution in [0.1, 0.15) is 16.5 Å². The summed E-state index contributed by atoms with van der Waals surface area (Å²) in [4.78, 5) is 0. The fourth-order valence-corrected chi connectivity index (χ4v) is 2.51. The van der Waals surface area contributed by atoms with Crippen LogP contribution in [0.2, 0.25) is 0 Å². The van der Waals surface area contributed by atoms with E-state index in [2.05, 4.69) is 15.9 Å². The molecule has 1 aromatic carbocycles. The number of hydrogen-bond donors (Lipinski definition) is 0. The molecule has 0 amide bonds. The standard InChI is InChI=1S/C12H9BrClFO/c13-12-10(4-5-16-12)11(14)7-8-2-1-3-9(15)6-8/h1-6,11H,7H2. The van der Waals surface area contributed by atoms with Gasteiger partial charge in [-0.3, -0.25) is 0 Å². The quantitative estimate of drug-likeness (QED) is 0.749. The second-order valence-electron chi connectivity index (χ2n) is 3.45. The Hall–Kier alpha value is -0.800. The summed E-state index contributed by atoms with van der Waals surface area (Å²) in [6.07, 6.45) is 2.14. The lowest BCUT2D eigenvalue weighted by atomic mass is 10.1. The highest BCUT2D eigenvalue weighted by Gasteiger charge is 2.14. The maximum Gasteiger partial charge on any atom is 0.173 e. The minimum absolute atomic E-state index is 0.227. The van der Waals surface area contributed by atoms with Crippen LogP contribution < -0.4 is 0 Å². The molecule has 1 nitrogen and oxygen atoms in total. The van der Waals surface area contributed by atoms with Crippen LogP contribution in [0.15, 0.2) is 45.7 Å². The zero-order valence-corrected chi connectivity index (χ0v) is 10.6. The topological polar surface area (TPSA) is 13.1 Å². The zero-order valence-electron chi connectivity index (χ0n) is 8.29.